The highest BCUT2D eigenvalue weighted by Crippen LogP contribution is 2.29. The van der Waals surface area contributed by atoms with E-state index in [0.717, 1.165) is 23.5 Å². The first-order valence-electron chi connectivity index (χ1n) is 8.55. The molecular weight excluding hydrogens is 405 g/mol. The highest BCUT2D eigenvalue weighted by molar-refractivity contribution is 7.80. The summed E-state index contributed by atoms with van der Waals surface area (Å²) < 4.78 is 43.0. The van der Waals surface area contributed by atoms with Gasteiger partial charge in [0.1, 0.15) is 0 Å². The van der Waals surface area contributed by atoms with E-state index in [-0.39, 0.29) is 11.1 Å². The van der Waals surface area contributed by atoms with E-state index >= 15 is 0 Å². The predicted octanol–water partition coefficient (Wildman–Crippen LogP) is 3.51. The molecule has 1 aromatic carbocycles. The van der Waals surface area contributed by atoms with Crippen LogP contribution < -0.4 is 16.0 Å². The van der Waals surface area contributed by atoms with Crippen LogP contribution >= 0.6 is 12.2 Å². The molecule has 0 saturated carbocycles. The monoisotopic (exact) mass is 426 g/mol. The van der Waals surface area contributed by atoms with Gasteiger partial charge in [0, 0.05) is 24.2 Å². The Balaban J connectivity index is 2.07. The lowest BCUT2D eigenvalue weighted by Crippen LogP contribution is -2.39. The maximum absolute atomic E-state index is 12.7. The number of alkyl halides is 3. The minimum absolute atomic E-state index is 0.137. The highest BCUT2D eigenvalue weighted by Gasteiger charge is 2.29. The van der Waals surface area contributed by atoms with Crippen molar-refractivity contribution in [2.45, 2.75) is 20.0 Å². The zero-order chi connectivity index (χ0) is 21.4. The number of hydrogen-bond acceptors (Lipinski definition) is 5. The largest absolute Gasteiger partial charge is 0.416 e. The molecule has 0 atom stereocenters. The van der Waals surface area contributed by atoms with Crippen molar-refractivity contribution in [3.05, 3.63) is 47.3 Å². The number of anilines is 2. The van der Waals surface area contributed by atoms with Crippen LogP contribution in [-0.2, 0) is 10.9 Å². The van der Waals surface area contributed by atoms with Gasteiger partial charge in [-0.25, -0.2) is 9.97 Å². The van der Waals surface area contributed by atoms with Crippen LogP contribution in [0.3, 0.4) is 0 Å². The Hall–Kier alpha value is -2.79. The van der Waals surface area contributed by atoms with Gasteiger partial charge in [-0.3, -0.25) is 10.3 Å². The third-order valence-electron chi connectivity index (χ3n) is 3.48. The lowest BCUT2D eigenvalue weighted by atomic mass is 10.2. The minimum atomic E-state index is -4.39. The molecule has 3 N–H and O–H groups in total. The SMILES string of the molecule is COCCN=C(NC(=S)Nc1ccc(C(F)(F)F)cc1)Nc1nc(C)cc(C)n1. The summed E-state index contributed by atoms with van der Waals surface area (Å²) in [6.07, 6.45) is -4.39. The normalized spacial score (nSPS) is 11.9. The fraction of sp³-hybridized carbons (Fsp3) is 0.333. The van der Waals surface area contributed by atoms with Gasteiger partial charge in [-0.1, -0.05) is 0 Å². The van der Waals surface area contributed by atoms with Crippen molar-refractivity contribution in [2.75, 3.05) is 30.9 Å². The third kappa shape index (κ3) is 7.62. The second-order valence-corrected chi connectivity index (χ2v) is 6.38. The summed E-state index contributed by atoms with van der Waals surface area (Å²) in [7, 11) is 1.56. The fourth-order valence-electron chi connectivity index (χ4n) is 2.26. The van der Waals surface area contributed by atoms with Crippen LogP contribution in [0.25, 0.3) is 0 Å². The Morgan fingerprint density at radius 1 is 1.10 bits per heavy atom. The summed E-state index contributed by atoms with van der Waals surface area (Å²) >= 11 is 5.23. The molecule has 156 valence electrons. The lowest BCUT2D eigenvalue weighted by molar-refractivity contribution is -0.137. The Labute approximate surface area is 171 Å². The van der Waals surface area contributed by atoms with Gasteiger partial charge in [-0.2, -0.15) is 13.2 Å². The number of hydrogen-bond donors (Lipinski definition) is 3. The predicted molar refractivity (Wildman–Crippen MR) is 110 cm³/mol. The Kier molecular flexibility index (Phi) is 7.85. The Bertz CT molecular complexity index is 851. The number of nitrogens with one attached hydrogen (secondary N) is 3. The second-order valence-electron chi connectivity index (χ2n) is 5.98. The van der Waals surface area contributed by atoms with Gasteiger partial charge in [-0.15, -0.1) is 0 Å². The molecule has 0 aliphatic carbocycles. The summed E-state index contributed by atoms with van der Waals surface area (Å²) in [5, 5.41) is 8.76. The lowest BCUT2D eigenvalue weighted by Gasteiger charge is -2.15. The third-order valence-corrected chi connectivity index (χ3v) is 3.68. The molecule has 2 aromatic rings. The maximum atomic E-state index is 12.7. The number of nitrogens with zero attached hydrogens (tertiary/aromatic N) is 3. The second kappa shape index (κ2) is 10.1. The molecule has 0 saturated heterocycles. The summed E-state index contributed by atoms with van der Waals surface area (Å²) in [5.74, 6) is 0.611. The first-order valence-corrected chi connectivity index (χ1v) is 8.96. The molecule has 0 fully saturated rings. The van der Waals surface area contributed by atoms with Gasteiger partial charge in [-0.05, 0) is 56.4 Å². The Morgan fingerprint density at radius 3 is 2.28 bits per heavy atom. The van der Waals surface area contributed by atoms with Crippen molar-refractivity contribution in [1.29, 1.82) is 0 Å². The molecule has 0 spiro atoms. The molecule has 29 heavy (non-hydrogen) atoms. The molecule has 1 heterocycles. The van der Waals surface area contributed by atoms with Gasteiger partial charge < -0.3 is 15.4 Å². The zero-order valence-corrected chi connectivity index (χ0v) is 16.9. The van der Waals surface area contributed by atoms with E-state index in [1.54, 1.807) is 7.11 Å². The Morgan fingerprint density at radius 2 is 1.72 bits per heavy atom. The number of benzene rings is 1. The molecule has 0 amide bonds. The molecule has 2 rings (SSSR count). The van der Waals surface area contributed by atoms with Gasteiger partial charge in [0.25, 0.3) is 0 Å². The minimum Gasteiger partial charge on any atom is -0.383 e. The van der Waals surface area contributed by atoms with Gasteiger partial charge >= 0.3 is 6.18 Å². The molecule has 11 heteroatoms. The molecule has 0 aliphatic heterocycles. The van der Waals surface area contributed by atoms with E-state index in [1.165, 1.54) is 12.1 Å². The number of ether oxygens (including phenoxy) is 1. The number of aromatic nitrogens is 2. The van der Waals surface area contributed by atoms with Crippen molar-refractivity contribution in [3.8, 4) is 0 Å². The number of halogens is 3. The van der Waals surface area contributed by atoms with Gasteiger partial charge in [0.2, 0.25) is 11.9 Å². The van der Waals surface area contributed by atoms with E-state index in [1.807, 2.05) is 19.9 Å². The number of rotatable bonds is 5. The van der Waals surface area contributed by atoms with Crippen molar-refractivity contribution in [2.24, 2.45) is 4.99 Å². The van der Waals surface area contributed by atoms with E-state index in [2.05, 4.69) is 30.9 Å². The molecular formula is C18H21F3N6OS. The highest BCUT2D eigenvalue weighted by atomic mass is 32.1. The van der Waals surface area contributed by atoms with Crippen LogP contribution in [0.15, 0.2) is 35.3 Å². The van der Waals surface area contributed by atoms with E-state index in [0.29, 0.717) is 24.8 Å². The zero-order valence-electron chi connectivity index (χ0n) is 16.1. The molecule has 0 aliphatic rings. The number of methoxy groups -OCH3 is 1. The first kappa shape index (κ1) is 22.5. The van der Waals surface area contributed by atoms with E-state index in [9.17, 15) is 13.2 Å². The summed E-state index contributed by atoms with van der Waals surface area (Å²) in [6.45, 7) is 4.41. The molecule has 0 unspecified atom stereocenters. The van der Waals surface area contributed by atoms with Crippen molar-refractivity contribution in [3.63, 3.8) is 0 Å². The van der Waals surface area contributed by atoms with Gasteiger partial charge in [0.05, 0.1) is 18.7 Å². The average molecular weight is 426 g/mol. The molecule has 1 aromatic heterocycles. The number of thiocarbonyl (C=S) groups is 1. The molecule has 7 nitrogen and oxygen atoms in total. The van der Waals surface area contributed by atoms with Crippen molar-refractivity contribution < 1.29 is 17.9 Å². The van der Waals surface area contributed by atoms with Crippen LogP contribution in [0, 0.1) is 13.8 Å². The quantitative estimate of drug-likeness (QED) is 0.292. The first-order chi connectivity index (χ1) is 13.7. The van der Waals surface area contributed by atoms with Crippen LogP contribution in [0.2, 0.25) is 0 Å². The number of guanidine groups is 1. The summed E-state index contributed by atoms with van der Waals surface area (Å²) in [6, 6.07) is 6.36. The number of aliphatic imine (C=N–C) groups is 1. The average Bonchev–Trinajstić information content (AvgIpc) is 2.60. The summed E-state index contributed by atoms with van der Waals surface area (Å²) in [4.78, 5) is 12.9. The van der Waals surface area contributed by atoms with Crippen molar-refractivity contribution in [1.82, 2.24) is 15.3 Å². The number of aryl methyl sites for hydroxylation is 2. The smallest absolute Gasteiger partial charge is 0.383 e. The van der Waals surface area contributed by atoms with Crippen LogP contribution in [0.5, 0.6) is 0 Å². The summed E-state index contributed by atoms with van der Waals surface area (Å²) in [5.41, 5.74) is 1.22. The topological polar surface area (TPSA) is 83.5 Å². The standard InChI is InChI=1S/C18H21F3N6OS/c1-11-10-12(2)24-16(23-11)26-15(22-8-9-28-3)27-17(29)25-14-6-4-13(5-7-14)18(19,20)21/h4-7,10H,8-9H2,1-3H3,(H3,22,23,24,25,26,27,29). The molecule has 0 radical (unpaired) electrons. The molecule has 0 bridgehead atoms. The van der Waals surface area contributed by atoms with E-state index in [4.69, 9.17) is 17.0 Å². The van der Waals surface area contributed by atoms with Gasteiger partial charge in [0.15, 0.2) is 5.11 Å². The fourth-order valence-corrected chi connectivity index (χ4v) is 2.47. The van der Waals surface area contributed by atoms with E-state index < -0.39 is 11.7 Å². The van der Waals surface area contributed by atoms with Crippen LogP contribution in [0.4, 0.5) is 24.8 Å². The van der Waals surface area contributed by atoms with Crippen molar-refractivity contribution >= 4 is 34.9 Å². The van der Waals surface area contributed by atoms with Crippen LogP contribution in [0.1, 0.15) is 17.0 Å². The van der Waals surface area contributed by atoms with Crippen LogP contribution in [-0.4, -0.2) is 41.3 Å². The maximum Gasteiger partial charge on any atom is 0.416 e.